The van der Waals surface area contributed by atoms with E-state index in [2.05, 4.69) is 154 Å². The first kappa shape index (κ1) is 29.7. The SMILES string of the molecule is CC1=CC2(C(C)(C)C34C=C(C)C=C3[Si](C)(C)N(C(C)(C)C)[Si]4(C)C)C(=C1)[Si](C)(C)N(C(C)(C)C)[Si]2(C)C. The zero-order valence-corrected chi connectivity index (χ0v) is 31.7. The molecular weight excluding hydrogens is 513 g/mol. The maximum atomic E-state index is 3.14. The standard InChI is InChI=1S/C31H58N2Si4/c1-23-19-25-30(21-23,36(15,16)32(27(3,4)5)34(25,11)12)29(9,10)31-22-24(2)20-26(31)35(13,14)33(28(6,7)8)37(31,17)18/h19-22H,1-18H3. The van der Waals surface area contributed by atoms with Crippen LogP contribution in [0.25, 0.3) is 0 Å². The van der Waals surface area contributed by atoms with Gasteiger partial charge in [-0.25, -0.2) is 0 Å². The van der Waals surface area contributed by atoms with Gasteiger partial charge in [0.1, 0.15) is 32.9 Å². The largest absolute Gasteiger partial charge is 0.337 e. The Morgan fingerprint density at radius 2 is 0.811 bits per heavy atom. The number of nitrogens with zero attached hydrogens (tertiary/aromatic N) is 2. The molecule has 0 saturated carbocycles. The van der Waals surface area contributed by atoms with Crippen molar-refractivity contribution >= 4 is 32.9 Å². The van der Waals surface area contributed by atoms with Crippen LogP contribution in [0.2, 0.25) is 62.5 Å². The molecule has 208 valence electrons. The number of hydrogen-bond acceptors (Lipinski definition) is 2. The Kier molecular flexibility index (Phi) is 6.04. The van der Waals surface area contributed by atoms with Crippen LogP contribution in [0.3, 0.4) is 0 Å². The van der Waals surface area contributed by atoms with E-state index in [4.69, 9.17) is 0 Å². The highest BCUT2D eigenvalue weighted by atomic mass is 28.4. The summed E-state index contributed by atoms with van der Waals surface area (Å²) in [6, 6.07) is 0. The summed E-state index contributed by atoms with van der Waals surface area (Å²) in [5.74, 6) is 0. The molecule has 2 heterocycles. The molecule has 4 aliphatic rings. The number of hydrogen-bond donors (Lipinski definition) is 0. The molecule has 2 nitrogen and oxygen atoms in total. The molecule has 2 aliphatic heterocycles. The van der Waals surface area contributed by atoms with Gasteiger partial charge in [-0.15, -0.1) is 0 Å². The van der Waals surface area contributed by atoms with Gasteiger partial charge < -0.3 is 8.46 Å². The lowest BCUT2D eigenvalue weighted by Gasteiger charge is -2.63. The first-order chi connectivity index (χ1) is 16.2. The zero-order valence-electron chi connectivity index (χ0n) is 27.7. The Bertz CT molecular complexity index is 1080. The highest BCUT2D eigenvalue weighted by molar-refractivity contribution is 7.04. The second kappa shape index (κ2) is 7.52. The number of fused-ring (bicyclic) bond motifs is 2. The Balaban J connectivity index is 2.15. The lowest BCUT2D eigenvalue weighted by Crippen LogP contribution is -2.69. The average Bonchev–Trinajstić information content (AvgIpc) is 3.24. The predicted molar refractivity (Wildman–Crippen MR) is 176 cm³/mol. The minimum absolute atomic E-state index is 0.0766. The van der Waals surface area contributed by atoms with Crippen molar-refractivity contribution < 1.29 is 0 Å². The van der Waals surface area contributed by atoms with Gasteiger partial charge in [-0.05, 0) is 60.8 Å². The monoisotopic (exact) mass is 570 g/mol. The van der Waals surface area contributed by atoms with E-state index >= 15 is 0 Å². The molecule has 2 unspecified atom stereocenters. The Labute approximate surface area is 234 Å². The third-order valence-corrected chi connectivity index (χ3v) is 35.3. The smallest absolute Gasteiger partial charge is 0.144 e. The van der Waals surface area contributed by atoms with Crippen molar-refractivity contribution in [2.45, 2.75) is 143 Å². The van der Waals surface area contributed by atoms with Crippen LogP contribution in [-0.4, -0.2) is 52.5 Å². The third kappa shape index (κ3) is 3.15. The molecule has 37 heavy (non-hydrogen) atoms. The molecule has 0 aromatic heterocycles. The quantitative estimate of drug-likeness (QED) is 0.305. The molecule has 0 radical (unpaired) electrons. The van der Waals surface area contributed by atoms with E-state index in [1.807, 2.05) is 10.4 Å². The van der Waals surface area contributed by atoms with Crippen molar-refractivity contribution in [1.29, 1.82) is 0 Å². The predicted octanol–water partition coefficient (Wildman–Crippen LogP) is 9.39. The van der Waals surface area contributed by atoms with Gasteiger partial charge in [0, 0.05) is 21.2 Å². The fourth-order valence-electron chi connectivity index (χ4n) is 12.2. The minimum atomic E-state index is -2.02. The van der Waals surface area contributed by atoms with Crippen LogP contribution < -0.4 is 0 Å². The van der Waals surface area contributed by atoms with E-state index in [1.165, 1.54) is 11.1 Å². The Morgan fingerprint density at radius 1 is 0.541 bits per heavy atom. The van der Waals surface area contributed by atoms with Crippen LogP contribution in [0.5, 0.6) is 0 Å². The van der Waals surface area contributed by atoms with Crippen molar-refractivity contribution in [3.05, 3.63) is 45.8 Å². The molecule has 0 spiro atoms. The maximum absolute atomic E-state index is 3.14. The fourth-order valence-corrected chi connectivity index (χ4v) is 46.7. The van der Waals surface area contributed by atoms with Gasteiger partial charge in [0.15, 0.2) is 0 Å². The van der Waals surface area contributed by atoms with Crippen molar-refractivity contribution in [3.63, 3.8) is 0 Å². The van der Waals surface area contributed by atoms with E-state index in [0.29, 0.717) is 0 Å². The van der Waals surface area contributed by atoms with Crippen molar-refractivity contribution in [3.8, 4) is 0 Å². The highest BCUT2D eigenvalue weighted by Gasteiger charge is 2.81. The van der Waals surface area contributed by atoms with Crippen LogP contribution in [0, 0.1) is 5.41 Å². The van der Waals surface area contributed by atoms with Gasteiger partial charge >= 0.3 is 0 Å². The molecule has 0 aromatic rings. The van der Waals surface area contributed by atoms with E-state index < -0.39 is 32.9 Å². The van der Waals surface area contributed by atoms with Crippen molar-refractivity contribution in [1.82, 2.24) is 8.46 Å². The zero-order chi connectivity index (χ0) is 28.8. The molecule has 2 aliphatic carbocycles. The Morgan fingerprint density at radius 3 is 1.05 bits per heavy atom. The molecule has 4 rings (SSSR count). The maximum Gasteiger partial charge on any atom is 0.144 e. The van der Waals surface area contributed by atoms with E-state index in [0.717, 1.165) is 0 Å². The molecule has 0 bridgehead atoms. The molecule has 2 fully saturated rings. The van der Waals surface area contributed by atoms with E-state index in [1.54, 1.807) is 0 Å². The molecule has 2 atom stereocenters. The molecular formula is C31H58N2Si4. The van der Waals surface area contributed by atoms with Gasteiger partial charge in [0.2, 0.25) is 0 Å². The van der Waals surface area contributed by atoms with Crippen molar-refractivity contribution in [2.75, 3.05) is 0 Å². The van der Waals surface area contributed by atoms with E-state index in [-0.39, 0.29) is 26.6 Å². The summed E-state index contributed by atoms with van der Waals surface area (Å²) >= 11 is 0. The summed E-state index contributed by atoms with van der Waals surface area (Å²) in [4.78, 5) is 0. The molecule has 6 heteroatoms. The first-order valence-corrected chi connectivity index (χ1v) is 26.4. The number of allylic oxidation sites excluding steroid dienone is 8. The minimum Gasteiger partial charge on any atom is -0.337 e. The molecule has 0 N–H and O–H groups in total. The summed E-state index contributed by atoms with van der Waals surface area (Å²) in [5.41, 5.74) is 3.45. The van der Waals surface area contributed by atoms with Gasteiger partial charge in [0.05, 0.1) is 0 Å². The third-order valence-electron chi connectivity index (χ3n) is 11.3. The number of rotatable bonds is 2. The van der Waals surface area contributed by atoms with Gasteiger partial charge in [-0.3, -0.25) is 0 Å². The van der Waals surface area contributed by atoms with Crippen LogP contribution in [0.15, 0.2) is 45.8 Å². The summed E-state index contributed by atoms with van der Waals surface area (Å²) < 4.78 is 6.28. The second-order valence-corrected chi connectivity index (χ2v) is 35.2. The average molecular weight is 571 g/mol. The molecule has 0 amide bonds. The summed E-state index contributed by atoms with van der Waals surface area (Å²) in [6.07, 6.45) is 11.0. The summed E-state index contributed by atoms with van der Waals surface area (Å²) in [6.45, 7) is 46.8. The molecule has 0 aromatic carbocycles. The van der Waals surface area contributed by atoms with Crippen LogP contribution in [-0.2, 0) is 0 Å². The molecule has 2 saturated heterocycles. The van der Waals surface area contributed by atoms with Gasteiger partial charge in [0.25, 0.3) is 0 Å². The second-order valence-electron chi connectivity index (χ2n) is 17.4. The highest BCUT2D eigenvalue weighted by Crippen LogP contribution is 2.82. The first-order valence-electron chi connectivity index (χ1n) is 14.7. The summed E-state index contributed by atoms with van der Waals surface area (Å²) in [5, 5.41) is 3.91. The van der Waals surface area contributed by atoms with E-state index in [9.17, 15) is 0 Å². The Hall–Kier alpha value is -0.252. The van der Waals surface area contributed by atoms with Crippen LogP contribution in [0.1, 0.15) is 69.2 Å². The van der Waals surface area contributed by atoms with Crippen molar-refractivity contribution in [2.24, 2.45) is 5.41 Å². The van der Waals surface area contributed by atoms with Gasteiger partial charge in [-0.2, -0.15) is 0 Å². The van der Waals surface area contributed by atoms with Crippen LogP contribution >= 0.6 is 0 Å². The van der Waals surface area contributed by atoms with Crippen LogP contribution in [0.4, 0.5) is 0 Å². The normalized spacial score (nSPS) is 34.6. The van der Waals surface area contributed by atoms with Gasteiger partial charge in [-0.1, -0.05) is 112 Å². The lowest BCUT2D eigenvalue weighted by atomic mass is 9.67. The fraction of sp³-hybridized carbons (Fsp3) is 0.742. The topological polar surface area (TPSA) is 6.48 Å². The summed E-state index contributed by atoms with van der Waals surface area (Å²) in [7, 11) is -7.77. The lowest BCUT2D eigenvalue weighted by molar-refractivity contribution is 0.239.